The van der Waals surface area contributed by atoms with Crippen molar-refractivity contribution in [3.05, 3.63) is 24.3 Å². The van der Waals surface area contributed by atoms with E-state index < -0.39 is 63.1 Å². The molecule has 13 heteroatoms. The van der Waals surface area contributed by atoms with Gasteiger partial charge >= 0.3 is 13.8 Å². The second-order valence-corrected chi connectivity index (χ2v) is 17.7. The molecule has 0 spiro atoms. The van der Waals surface area contributed by atoms with Gasteiger partial charge in [0.15, 0.2) is 0 Å². The van der Waals surface area contributed by atoms with Crippen molar-refractivity contribution in [1.29, 1.82) is 0 Å². The minimum Gasteiger partial charge on any atom is -0.457 e. The smallest absolute Gasteiger partial charge is 0.457 e. The molecule has 12 nitrogen and oxygen atoms in total. The van der Waals surface area contributed by atoms with Crippen LogP contribution in [0.4, 0.5) is 0 Å². The monoisotopic (exact) mass is 849 g/mol. The minimum absolute atomic E-state index is 0.0760. The molecule has 0 aromatic rings. The Hall–Kier alpha value is -1.18. The van der Waals surface area contributed by atoms with E-state index in [9.17, 15) is 39.8 Å². The zero-order chi connectivity index (χ0) is 42.7. The molecule has 0 aromatic heterocycles. The highest BCUT2D eigenvalue weighted by molar-refractivity contribution is 7.47. The molecule has 1 aliphatic rings. The maximum absolute atomic E-state index is 12.8. The van der Waals surface area contributed by atoms with Gasteiger partial charge in [-0.15, -0.1) is 0 Å². The van der Waals surface area contributed by atoms with Crippen molar-refractivity contribution < 1.29 is 58.3 Å². The van der Waals surface area contributed by atoms with Gasteiger partial charge in [0.1, 0.15) is 42.7 Å². The third-order valence-electron chi connectivity index (χ3n) is 10.8. The Kier molecular flexibility index (Phi) is 34.5. The van der Waals surface area contributed by atoms with Crippen molar-refractivity contribution >= 4 is 13.8 Å². The van der Waals surface area contributed by atoms with E-state index in [0.717, 1.165) is 57.8 Å². The first-order valence-corrected chi connectivity index (χ1v) is 24.7. The molecule has 58 heavy (non-hydrogen) atoms. The lowest BCUT2D eigenvalue weighted by Gasteiger charge is -2.41. The van der Waals surface area contributed by atoms with E-state index in [4.69, 9.17) is 18.5 Å². The Balaban J connectivity index is 2.40. The summed E-state index contributed by atoms with van der Waals surface area (Å²) in [6.45, 7) is 4.24. The van der Waals surface area contributed by atoms with Crippen molar-refractivity contribution in [3.8, 4) is 0 Å². The van der Waals surface area contributed by atoms with Crippen LogP contribution < -0.4 is 0 Å². The Labute approximate surface area is 351 Å². The second-order valence-electron chi connectivity index (χ2n) is 16.3. The summed E-state index contributed by atoms with van der Waals surface area (Å²) in [5, 5.41) is 50.2. The van der Waals surface area contributed by atoms with Crippen LogP contribution in [0.1, 0.15) is 194 Å². The average molecular weight is 849 g/mol. The van der Waals surface area contributed by atoms with Crippen LogP contribution in [0, 0.1) is 0 Å². The summed E-state index contributed by atoms with van der Waals surface area (Å²) in [7, 11) is -5.01. The molecule has 0 heterocycles. The summed E-state index contributed by atoms with van der Waals surface area (Å²) >= 11 is 0. The van der Waals surface area contributed by atoms with Crippen LogP contribution in [0.25, 0.3) is 0 Å². The standard InChI is InChI=1S/C45H85O12P/c1-3-5-7-9-11-13-15-17-19-20-21-22-24-26-28-30-32-34-39(46)56-38(36-54-35-33-31-29-27-25-23-18-16-14-12-10-8-6-4-2)37-55-58(52,53)57-45-43(50)41(48)40(47)42(49)44(45)51/h11,13,17,19,38,40-45,47-51H,3-10,12,14-16,18,20-37H2,1-2H3,(H,52,53)/b13-11-,19-17-/t38-,40?,41-,42?,43?,44?,45?/m1/s1. The Morgan fingerprint density at radius 2 is 0.966 bits per heavy atom. The molecule has 6 unspecified atom stereocenters. The second kappa shape index (κ2) is 36.5. The number of ether oxygens (including phenoxy) is 2. The molecule has 1 rings (SSSR count). The molecule has 0 radical (unpaired) electrons. The van der Waals surface area contributed by atoms with E-state index >= 15 is 0 Å². The quantitative estimate of drug-likeness (QED) is 0.0149. The molecule has 0 bridgehead atoms. The van der Waals surface area contributed by atoms with Gasteiger partial charge in [0.05, 0.1) is 13.2 Å². The number of rotatable bonds is 39. The lowest BCUT2D eigenvalue weighted by molar-refractivity contribution is -0.220. The molecular formula is C45H85O12P. The fraction of sp³-hybridized carbons (Fsp3) is 0.889. The van der Waals surface area contributed by atoms with Crippen molar-refractivity contribution in [2.75, 3.05) is 19.8 Å². The van der Waals surface area contributed by atoms with Crippen LogP contribution in [0.3, 0.4) is 0 Å². The first kappa shape index (κ1) is 54.8. The van der Waals surface area contributed by atoms with Crippen molar-refractivity contribution in [2.45, 2.75) is 236 Å². The molecule has 0 aliphatic heterocycles. The molecule has 0 amide bonds. The maximum Gasteiger partial charge on any atom is 0.472 e. The highest BCUT2D eigenvalue weighted by atomic mass is 31.2. The normalized spacial score (nSPS) is 22.8. The van der Waals surface area contributed by atoms with Gasteiger partial charge in [-0.1, -0.05) is 167 Å². The lowest BCUT2D eigenvalue weighted by atomic mass is 9.85. The van der Waals surface area contributed by atoms with Gasteiger partial charge in [-0.25, -0.2) is 4.57 Å². The van der Waals surface area contributed by atoms with Crippen LogP contribution in [0.15, 0.2) is 24.3 Å². The van der Waals surface area contributed by atoms with Gasteiger partial charge in [0.2, 0.25) is 0 Å². The summed E-state index contributed by atoms with van der Waals surface area (Å²) in [5.74, 6) is -0.483. The first-order valence-electron chi connectivity index (χ1n) is 23.2. The largest absolute Gasteiger partial charge is 0.472 e. The zero-order valence-electron chi connectivity index (χ0n) is 36.4. The molecule has 6 N–H and O–H groups in total. The summed E-state index contributed by atoms with van der Waals surface area (Å²) in [5.41, 5.74) is 0. The number of aliphatic hydroxyl groups excluding tert-OH is 5. The molecular weight excluding hydrogens is 763 g/mol. The minimum atomic E-state index is -5.01. The van der Waals surface area contributed by atoms with Crippen LogP contribution in [-0.2, 0) is 27.9 Å². The molecule has 0 aromatic carbocycles. The van der Waals surface area contributed by atoms with E-state index in [1.165, 1.54) is 109 Å². The van der Waals surface area contributed by atoms with E-state index in [2.05, 4.69) is 38.2 Å². The zero-order valence-corrected chi connectivity index (χ0v) is 37.2. The number of phosphoric ester groups is 1. The summed E-state index contributed by atoms with van der Waals surface area (Å²) in [6, 6.07) is 0. The maximum atomic E-state index is 12.8. The predicted molar refractivity (Wildman–Crippen MR) is 230 cm³/mol. The summed E-state index contributed by atoms with van der Waals surface area (Å²) < 4.78 is 34.2. The third-order valence-corrected chi connectivity index (χ3v) is 11.8. The van der Waals surface area contributed by atoms with Crippen LogP contribution in [0.2, 0.25) is 0 Å². The van der Waals surface area contributed by atoms with E-state index in [1.807, 2.05) is 0 Å². The first-order chi connectivity index (χ1) is 28.0. The number of esters is 1. The van der Waals surface area contributed by atoms with Crippen LogP contribution in [-0.4, -0.2) is 98.9 Å². The molecule has 1 fully saturated rings. The topological polar surface area (TPSA) is 192 Å². The summed E-state index contributed by atoms with van der Waals surface area (Å²) in [4.78, 5) is 23.1. The molecule has 342 valence electrons. The number of unbranched alkanes of at least 4 members (excludes halogenated alkanes) is 23. The fourth-order valence-corrected chi connectivity index (χ4v) is 8.06. The number of hydrogen-bond acceptors (Lipinski definition) is 11. The van der Waals surface area contributed by atoms with Gasteiger partial charge in [-0.2, -0.15) is 0 Å². The van der Waals surface area contributed by atoms with Crippen LogP contribution in [0.5, 0.6) is 0 Å². The molecule has 1 aliphatic carbocycles. The van der Waals surface area contributed by atoms with Crippen molar-refractivity contribution in [3.63, 3.8) is 0 Å². The number of aliphatic hydroxyl groups is 5. The van der Waals surface area contributed by atoms with Crippen molar-refractivity contribution in [2.24, 2.45) is 0 Å². The Bertz CT molecular complexity index is 1060. The average Bonchev–Trinajstić information content (AvgIpc) is 3.21. The van der Waals surface area contributed by atoms with E-state index in [-0.39, 0.29) is 13.0 Å². The highest BCUT2D eigenvalue weighted by Crippen LogP contribution is 2.47. The fourth-order valence-electron chi connectivity index (χ4n) is 7.09. The third kappa shape index (κ3) is 28.4. The number of allylic oxidation sites excluding steroid dienone is 4. The van der Waals surface area contributed by atoms with Gasteiger partial charge < -0.3 is 39.9 Å². The van der Waals surface area contributed by atoms with E-state index in [1.54, 1.807) is 0 Å². The van der Waals surface area contributed by atoms with Crippen molar-refractivity contribution in [1.82, 2.24) is 0 Å². The van der Waals surface area contributed by atoms with Gasteiger partial charge in [0.25, 0.3) is 0 Å². The highest BCUT2D eigenvalue weighted by Gasteiger charge is 2.51. The van der Waals surface area contributed by atoms with Crippen LogP contribution >= 0.6 is 7.82 Å². The molecule has 1 saturated carbocycles. The van der Waals surface area contributed by atoms with Gasteiger partial charge in [-0.05, 0) is 44.9 Å². The SMILES string of the molecule is CCCCC/C=C\C/C=C\CCCCCCCCCC(=O)O[C@H](COCCCCCCCCCCCCCCCC)COP(=O)(O)OC1C(O)C(O)C(O)[C@@H](O)C1O. The Morgan fingerprint density at radius 3 is 1.48 bits per heavy atom. The predicted octanol–water partition coefficient (Wildman–Crippen LogP) is 9.31. The van der Waals surface area contributed by atoms with Gasteiger partial charge in [0, 0.05) is 13.0 Å². The number of phosphoric acid groups is 1. The number of carbonyl (C=O) groups is 1. The lowest BCUT2D eigenvalue weighted by Crippen LogP contribution is -2.64. The number of hydrogen-bond donors (Lipinski definition) is 6. The van der Waals surface area contributed by atoms with Gasteiger partial charge in [-0.3, -0.25) is 13.8 Å². The molecule has 8 atom stereocenters. The summed E-state index contributed by atoms with van der Waals surface area (Å²) in [6.07, 6.45) is 28.1. The Morgan fingerprint density at radius 1 is 0.552 bits per heavy atom. The van der Waals surface area contributed by atoms with E-state index in [0.29, 0.717) is 13.0 Å². The molecule has 0 saturated heterocycles. The number of carbonyl (C=O) groups excluding carboxylic acids is 1.